The van der Waals surface area contributed by atoms with Gasteiger partial charge in [0, 0.05) is 27.8 Å². The molecular weight excluding hydrogens is 321 g/mol. The van der Waals surface area contributed by atoms with Crippen LogP contribution >= 0.6 is 0 Å². The Hall–Kier alpha value is -0.0897. The van der Waals surface area contributed by atoms with Crippen LogP contribution in [0.3, 0.4) is 0 Å². The van der Waals surface area contributed by atoms with Crippen molar-refractivity contribution in [2.75, 3.05) is 0 Å². The van der Waals surface area contributed by atoms with Crippen molar-refractivity contribution in [3.05, 3.63) is 11.8 Å². The number of carbonyl (C=O) groups excluding carboxylic acids is 1. The first-order valence-corrected chi connectivity index (χ1v) is 6.25. The van der Waals surface area contributed by atoms with Gasteiger partial charge < -0.3 is 10.2 Å². The number of hydrogen-bond acceptors (Lipinski definition) is 2. The summed E-state index contributed by atoms with van der Waals surface area (Å²) < 4.78 is 0. The summed E-state index contributed by atoms with van der Waals surface area (Å²) in [6, 6.07) is 0. The van der Waals surface area contributed by atoms with Crippen molar-refractivity contribution < 1.29 is 37.4 Å². The van der Waals surface area contributed by atoms with E-state index in [1.165, 1.54) is 6.08 Å². The Kier molecular flexibility index (Phi) is 10.4. The van der Waals surface area contributed by atoms with Crippen molar-refractivity contribution in [3.63, 3.8) is 0 Å². The molecule has 113 valence electrons. The van der Waals surface area contributed by atoms with Gasteiger partial charge in [0.1, 0.15) is 5.76 Å². The van der Waals surface area contributed by atoms with Crippen molar-refractivity contribution in [2.24, 2.45) is 10.8 Å². The van der Waals surface area contributed by atoms with Gasteiger partial charge in [-0.1, -0.05) is 20.8 Å². The number of aliphatic hydroxyl groups excluding tert-OH is 1. The molecule has 0 spiro atoms. The number of hydrogen-bond donors (Lipinski definition) is 2. The van der Waals surface area contributed by atoms with Gasteiger partial charge in [0.05, 0.1) is 17.1 Å². The topological polar surface area (TPSA) is 61.9 Å². The molecule has 0 aromatic heterocycles. The van der Waals surface area contributed by atoms with Crippen LogP contribution in [0.4, 0.5) is 0 Å². The first-order valence-electron chi connectivity index (χ1n) is 6.25. The summed E-state index contributed by atoms with van der Waals surface area (Å²) in [5.41, 5.74) is -1.11. The minimum absolute atomic E-state index is 0. The van der Waals surface area contributed by atoms with Crippen LogP contribution in [-0.2, 0) is 22.4 Å². The third kappa shape index (κ3) is 17.9. The predicted octanol–water partition coefficient (Wildman–Crippen LogP) is 3.84. The largest absolute Gasteiger partial charge is 0.511 e. The fraction of sp³-hybridized carbons (Fsp3) is 0.800. The van der Waals surface area contributed by atoms with E-state index in [-0.39, 0.29) is 44.8 Å². The SMILES string of the molecule is CC(C)(C)C(=[OH+])/C=C(\O)C(C)(C)C.CC(C)(C)O.[Nb]. The molecule has 0 rings (SSSR count). The van der Waals surface area contributed by atoms with Gasteiger partial charge in [-0.3, -0.25) is 4.79 Å². The Bertz CT molecular complexity index is 293. The molecule has 0 saturated heterocycles. The standard InChI is InChI=1S/C11H20O2.C4H10O.Nb/c1-10(2,3)8(12)7-9(13)11(4,5)6;1-4(2,3)5;/h7,12H,1-6H3;5H,1-3H3;/p+1/b8-7-;;. The Morgan fingerprint density at radius 1 is 0.842 bits per heavy atom. The molecule has 0 aromatic rings. The van der Waals surface area contributed by atoms with E-state index in [2.05, 4.69) is 0 Å². The monoisotopic (exact) mass is 352 g/mol. The van der Waals surface area contributed by atoms with Crippen LogP contribution in [0, 0.1) is 10.8 Å². The minimum Gasteiger partial charge on any atom is -0.511 e. The van der Waals surface area contributed by atoms with Crippen molar-refractivity contribution in [1.82, 2.24) is 0 Å². The number of rotatable bonds is 1. The van der Waals surface area contributed by atoms with E-state index in [9.17, 15) is 9.90 Å². The first kappa shape index (κ1) is 24.0. The molecular formula is C15H31NbO3+. The zero-order chi connectivity index (χ0) is 15.4. The van der Waals surface area contributed by atoms with E-state index in [1.54, 1.807) is 20.8 Å². The van der Waals surface area contributed by atoms with Crippen molar-refractivity contribution in [3.8, 4) is 0 Å². The average Bonchev–Trinajstić information content (AvgIpc) is 1.96. The van der Waals surface area contributed by atoms with Crippen LogP contribution in [0.5, 0.6) is 0 Å². The molecule has 0 fully saturated rings. The average molecular weight is 352 g/mol. The molecule has 3 nitrogen and oxygen atoms in total. The van der Waals surface area contributed by atoms with E-state index >= 15 is 0 Å². The smallest absolute Gasteiger partial charge is 0.325 e. The molecule has 1 radical (unpaired) electrons. The Balaban J connectivity index is -0.000000366. The summed E-state index contributed by atoms with van der Waals surface area (Å²) in [7, 11) is 0. The van der Waals surface area contributed by atoms with Crippen molar-refractivity contribution >= 4 is 5.78 Å². The normalized spacial score (nSPS) is 13.1. The molecule has 0 aromatic carbocycles. The molecule has 0 atom stereocenters. The molecule has 0 aliphatic heterocycles. The molecule has 0 aliphatic carbocycles. The van der Waals surface area contributed by atoms with Crippen LogP contribution in [0.15, 0.2) is 11.8 Å². The van der Waals surface area contributed by atoms with Crippen LogP contribution in [0.25, 0.3) is 0 Å². The molecule has 0 amide bonds. The molecule has 0 unspecified atom stereocenters. The third-order valence-corrected chi connectivity index (χ3v) is 1.81. The summed E-state index contributed by atoms with van der Waals surface area (Å²) in [6.07, 6.45) is 1.44. The van der Waals surface area contributed by atoms with Crippen LogP contribution in [0.2, 0.25) is 0 Å². The summed E-state index contributed by atoms with van der Waals surface area (Å²) in [5, 5.41) is 18.1. The second-order valence-electron chi connectivity index (χ2n) is 7.59. The van der Waals surface area contributed by atoms with Gasteiger partial charge in [-0.2, -0.15) is 0 Å². The van der Waals surface area contributed by atoms with Gasteiger partial charge >= 0.3 is 5.78 Å². The number of allylic oxidation sites excluding steroid dienone is 2. The van der Waals surface area contributed by atoms with Gasteiger partial charge in [-0.05, 0) is 41.5 Å². The Labute approximate surface area is 134 Å². The molecule has 0 heterocycles. The zero-order valence-electron chi connectivity index (χ0n) is 13.9. The van der Waals surface area contributed by atoms with Gasteiger partial charge in [0.15, 0.2) is 0 Å². The number of aliphatic hydroxyl groups is 2. The van der Waals surface area contributed by atoms with E-state index in [0.717, 1.165) is 0 Å². The summed E-state index contributed by atoms with van der Waals surface area (Å²) in [5.74, 6) is 0.417. The quantitative estimate of drug-likeness (QED) is 0.326. The maximum absolute atomic E-state index is 9.60. The fourth-order valence-corrected chi connectivity index (χ4v) is 0.563. The second kappa shape index (κ2) is 8.25. The van der Waals surface area contributed by atoms with Gasteiger partial charge in [-0.15, -0.1) is 0 Å². The Morgan fingerprint density at radius 2 is 1.11 bits per heavy atom. The maximum atomic E-state index is 9.60. The molecule has 0 saturated carbocycles. The molecule has 19 heavy (non-hydrogen) atoms. The van der Waals surface area contributed by atoms with Crippen LogP contribution < -0.4 is 0 Å². The van der Waals surface area contributed by atoms with Crippen LogP contribution in [0.1, 0.15) is 62.3 Å². The molecule has 0 bridgehead atoms. The third-order valence-electron chi connectivity index (χ3n) is 1.81. The van der Waals surface area contributed by atoms with Gasteiger partial charge in [-0.25, -0.2) is 0 Å². The summed E-state index contributed by atoms with van der Waals surface area (Å²) >= 11 is 0. The Morgan fingerprint density at radius 3 is 1.26 bits per heavy atom. The van der Waals surface area contributed by atoms with Crippen molar-refractivity contribution in [2.45, 2.75) is 67.9 Å². The van der Waals surface area contributed by atoms with E-state index in [1.807, 2.05) is 41.5 Å². The molecule has 3 N–H and O–H groups in total. The predicted molar refractivity (Wildman–Crippen MR) is 78.5 cm³/mol. The van der Waals surface area contributed by atoms with E-state index < -0.39 is 5.60 Å². The molecule has 4 heteroatoms. The maximum Gasteiger partial charge on any atom is 0.325 e. The van der Waals surface area contributed by atoms with E-state index in [0.29, 0.717) is 0 Å². The molecule has 0 aliphatic rings. The van der Waals surface area contributed by atoms with Gasteiger partial charge in [0.25, 0.3) is 0 Å². The summed E-state index contributed by atoms with van der Waals surface area (Å²) in [4.78, 5) is 9.60. The van der Waals surface area contributed by atoms with Gasteiger partial charge in [0.2, 0.25) is 0 Å². The minimum atomic E-state index is -0.500. The van der Waals surface area contributed by atoms with Crippen LogP contribution in [-0.4, -0.2) is 26.4 Å². The summed E-state index contributed by atoms with van der Waals surface area (Å²) in [6.45, 7) is 16.6. The van der Waals surface area contributed by atoms with Crippen molar-refractivity contribution in [1.29, 1.82) is 0 Å². The first-order chi connectivity index (χ1) is 7.55. The zero-order valence-corrected chi connectivity index (χ0v) is 16.1. The number of ketones is 1. The fourth-order valence-electron chi connectivity index (χ4n) is 0.563. The van der Waals surface area contributed by atoms with E-state index in [4.69, 9.17) is 5.11 Å². The second-order valence-corrected chi connectivity index (χ2v) is 7.59.